The first-order valence-electron chi connectivity index (χ1n) is 8.43. The molecule has 1 amide bonds. The fraction of sp³-hybridized carbons (Fsp3) is 0.938. The number of rotatable bonds is 5. The monoisotopic (exact) mass is 315 g/mol. The first-order valence-corrected chi connectivity index (χ1v) is 10.4. The molecule has 2 aliphatic carbocycles. The molecule has 0 aromatic carbocycles. The predicted octanol–water partition coefficient (Wildman–Crippen LogP) is 2.82. The molecule has 0 saturated heterocycles. The van der Waals surface area contributed by atoms with Gasteiger partial charge in [-0.05, 0) is 31.6 Å². The molecule has 0 aromatic rings. The maximum absolute atomic E-state index is 12.0. The van der Waals surface area contributed by atoms with Crippen LogP contribution in [-0.2, 0) is 14.6 Å². The Balaban J connectivity index is 1.71. The van der Waals surface area contributed by atoms with E-state index in [1.165, 1.54) is 38.4 Å². The molecule has 0 bridgehead atoms. The lowest BCUT2D eigenvalue weighted by Crippen LogP contribution is -2.41. The Kier molecular flexibility index (Phi) is 6.08. The van der Waals surface area contributed by atoms with E-state index in [0.717, 1.165) is 31.6 Å². The van der Waals surface area contributed by atoms with Gasteiger partial charge in [0.15, 0.2) is 0 Å². The number of carbonyl (C=O) groups is 1. The van der Waals surface area contributed by atoms with E-state index in [0.29, 0.717) is 12.8 Å². The van der Waals surface area contributed by atoms with E-state index in [1.54, 1.807) is 0 Å². The van der Waals surface area contributed by atoms with E-state index < -0.39 is 9.84 Å². The number of hydrogen-bond donors (Lipinski definition) is 1. The van der Waals surface area contributed by atoms with Crippen molar-refractivity contribution in [3.8, 4) is 0 Å². The molecule has 0 aliphatic heterocycles. The van der Waals surface area contributed by atoms with Crippen LogP contribution in [0.15, 0.2) is 0 Å². The van der Waals surface area contributed by atoms with Crippen LogP contribution in [0, 0.1) is 5.92 Å². The van der Waals surface area contributed by atoms with Crippen molar-refractivity contribution in [3.63, 3.8) is 0 Å². The molecule has 0 radical (unpaired) electrons. The summed E-state index contributed by atoms with van der Waals surface area (Å²) in [6, 6.07) is 0.0531. The lowest BCUT2D eigenvalue weighted by molar-refractivity contribution is -0.122. The largest absolute Gasteiger partial charge is 0.353 e. The second-order valence-corrected chi connectivity index (χ2v) is 9.25. The van der Waals surface area contributed by atoms with Gasteiger partial charge in [-0.25, -0.2) is 8.42 Å². The molecule has 2 rings (SSSR count). The van der Waals surface area contributed by atoms with Crippen molar-refractivity contribution in [1.29, 1.82) is 0 Å². The molecule has 0 aromatic heterocycles. The molecular formula is C16H29NO3S. The minimum atomic E-state index is -2.98. The third-order valence-corrected chi connectivity index (χ3v) is 6.74. The highest BCUT2D eigenvalue weighted by Gasteiger charge is 2.29. The van der Waals surface area contributed by atoms with Gasteiger partial charge in [-0.3, -0.25) is 4.79 Å². The van der Waals surface area contributed by atoms with Crippen molar-refractivity contribution in [1.82, 2.24) is 5.32 Å². The lowest BCUT2D eigenvalue weighted by Gasteiger charge is -2.29. The van der Waals surface area contributed by atoms with Crippen molar-refractivity contribution in [2.45, 2.75) is 81.9 Å². The van der Waals surface area contributed by atoms with E-state index in [4.69, 9.17) is 0 Å². The van der Waals surface area contributed by atoms with Crippen molar-refractivity contribution in [2.75, 3.05) is 6.26 Å². The number of sulfone groups is 1. The average Bonchev–Trinajstić information content (AvgIpc) is 2.46. The van der Waals surface area contributed by atoms with Crippen molar-refractivity contribution in [2.24, 2.45) is 5.92 Å². The Labute approximate surface area is 129 Å². The maximum atomic E-state index is 12.0. The minimum absolute atomic E-state index is 0.0531. The summed E-state index contributed by atoms with van der Waals surface area (Å²) >= 11 is 0. The quantitative estimate of drug-likeness (QED) is 0.848. The zero-order valence-electron chi connectivity index (χ0n) is 13.1. The van der Waals surface area contributed by atoms with Gasteiger partial charge in [-0.2, -0.15) is 0 Å². The van der Waals surface area contributed by atoms with Crippen molar-refractivity contribution >= 4 is 15.7 Å². The Morgan fingerprint density at radius 2 is 1.76 bits per heavy atom. The highest BCUT2D eigenvalue weighted by Crippen LogP contribution is 2.27. The summed E-state index contributed by atoms with van der Waals surface area (Å²) < 4.78 is 23.3. The highest BCUT2D eigenvalue weighted by molar-refractivity contribution is 7.91. The van der Waals surface area contributed by atoms with Gasteiger partial charge in [0.25, 0.3) is 0 Å². The van der Waals surface area contributed by atoms with Gasteiger partial charge < -0.3 is 5.32 Å². The summed E-state index contributed by atoms with van der Waals surface area (Å²) in [6.45, 7) is 0. The SMILES string of the molecule is CS(=O)(=O)[C@@H]1CCC[C@H](NC(=O)CCC2CCCCC2)C1. The summed E-state index contributed by atoms with van der Waals surface area (Å²) in [6.07, 6.45) is 12.6. The minimum Gasteiger partial charge on any atom is -0.353 e. The van der Waals surface area contributed by atoms with E-state index in [1.807, 2.05) is 0 Å². The lowest BCUT2D eigenvalue weighted by atomic mass is 9.86. The fourth-order valence-corrected chi connectivity index (χ4v) is 4.95. The van der Waals surface area contributed by atoms with Gasteiger partial charge in [0.05, 0.1) is 5.25 Å². The van der Waals surface area contributed by atoms with Gasteiger partial charge in [0, 0.05) is 18.7 Å². The predicted molar refractivity (Wildman–Crippen MR) is 84.8 cm³/mol. The molecule has 2 atom stereocenters. The Morgan fingerprint density at radius 3 is 2.43 bits per heavy atom. The molecule has 21 heavy (non-hydrogen) atoms. The molecule has 2 aliphatic rings. The van der Waals surface area contributed by atoms with Crippen LogP contribution >= 0.6 is 0 Å². The maximum Gasteiger partial charge on any atom is 0.220 e. The van der Waals surface area contributed by atoms with Crippen LogP contribution in [0.5, 0.6) is 0 Å². The highest BCUT2D eigenvalue weighted by atomic mass is 32.2. The summed E-state index contributed by atoms with van der Waals surface area (Å²) in [4.78, 5) is 12.0. The van der Waals surface area contributed by atoms with E-state index in [-0.39, 0.29) is 17.2 Å². The van der Waals surface area contributed by atoms with Gasteiger partial charge >= 0.3 is 0 Å². The molecule has 1 N–H and O–H groups in total. The van der Waals surface area contributed by atoms with Crippen LogP contribution in [0.2, 0.25) is 0 Å². The van der Waals surface area contributed by atoms with Crippen LogP contribution in [0.1, 0.15) is 70.6 Å². The van der Waals surface area contributed by atoms with Gasteiger partial charge in [-0.1, -0.05) is 38.5 Å². The van der Waals surface area contributed by atoms with Gasteiger partial charge in [0.1, 0.15) is 9.84 Å². The van der Waals surface area contributed by atoms with Gasteiger partial charge in [-0.15, -0.1) is 0 Å². The molecule has 122 valence electrons. The number of nitrogens with one attached hydrogen (secondary N) is 1. The molecule has 2 saturated carbocycles. The molecule has 4 nitrogen and oxygen atoms in total. The second kappa shape index (κ2) is 7.61. The number of amides is 1. The Hall–Kier alpha value is -0.580. The Bertz CT molecular complexity index is 440. The molecular weight excluding hydrogens is 286 g/mol. The molecule has 0 spiro atoms. The zero-order valence-corrected chi connectivity index (χ0v) is 14.0. The molecule has 0 heterocycles. The van der Waals surface area contributed by atoms with Crippen LogP contribution in [0.25, 0.3) is 0 Å². The van der Waals surface area contributed by atoms with Crippen LogP contribution < -0.4 is 5.32 Å². The fourth-order valence-electron chi connectivity index (χ4n) is 3.78. The van der Waals surface area contributed by atoms with Crippen LogP contribution in [0.4, 0.5) is 0 Å². The summed E-state index contributed by atoms with van der Waals surface area (Å²) in [5.74, 6) is 0.833. The Morgan fingerprint density at radius 1 is 1.05 bits per heavy atom. The van der Waals surface area contributed by atoms with Crippen LogP contribution in [-0.4, -0.2) is 31.9 Å². The first-order chi connectivity index (χ1) is 9.95. The average molecular weight is 315 g/mol. The smallest absolute Gasteiger partial charge is 0.220 e. The van der Waals surface area contributed by atoms with E-state index >= 15 is 0 Å². The first kappa shape index (κ1) is 16.8. The van der Waals surface area contributed by atoms with Gasteiger partial charge in [0.2, 0.25) is 5.91 Å². The van der Waals surface area contributed by atoms with Crippen LogP contribution in [0.3, 0.4) is 0 Å². The normalized spacial score (nSPS) is 28.2. The third kappa shape index (κ3) is 5.61. The number of hydrogen-bond acceptors (Lipinski definition) is 3. The summed E-state index contributed by atoms with van der Waals surface area (Å²) in [5.41, 5.74) is 0. The van der Waals surface area contributed by atoms with E-state index in [2.05, 4.69) is 5.32 Å². The third-order valence-electron chi connectivity index (χ3n) is 5.10. The van der Waals surface area contributed by atoms with Crippen molar-refractivity contribution < 1.29 is 13.2 Å². The summed E-state index contributed by atoms with van der Waals surface area (Å²) in [5, 5.41) is 2.79. The molecule has 2 fully saturated rings. The number of carbonyl (C=O) groups excluding carboxylic acids is 1. The standard InChI is InChI=1S/C16H29NO3S/c1-21(19,20)15-9-5-8-14(12-15)17-16(18)11-10-13-6-3-2-4-7-13/h13-15H,2-12H2,1H3,(H,17,18)/t14-,15+/m0/s1. The molecule has 5 heteroatoms. The topological polar surface area (TPSA) is 63.2 Å². The zero-order chi connectivity index (χ0) is 15.3. The van der Waals surface area contributed by atoms with Crippen molar-refractivity contribution in [3.05, 3.63) is 0 Å². The molecule has 0 unspecified atom stereocenters. The summed E-state index contributed by atoms with van der Waals surface area (Å²) in [7, 11) is -2.98. The second-order valence-electron chi connectivity index (χ2n) is 6.93. The van der Waals surface area contributed by atoms with E-state index in [9.17, 15) is 13.2 Å².